The zero-order chi connectivity index (χ0) is 24.6. The van der Waals surface area contributed by atoms with E-state index < -0.39 is 11.1 Å². The number of nitrogens with zero attached hydrogens (tertiary/aromatic N) is 2. The summed E-state index contributed by atoms with van der Waals surface area (Å²) in [5, 5.41) is 0. The van der Waals surface area contributed by atoms with Crippen molar-refractivity contribution in [1.82, 2.24) is 9.88 Å². The summed E-state index contributed by atoms with van der Waals surface area (Å²) in [4.78, 5) is 37.7. The number of carbonyl (C=O) groups is 3. The zero-order valence-corrected chi connectivity index (χ0v) is 20.7. The largest absolute Gasteiger partial charge is 0.400 e. The molecule has 1 atom stereocenters. The molecule has 1 aromatic carbocycles. The first-order valence-corrected chi connectivity index (χ1v) is 12.2. The molecule has 0 bridgehead atoms. The lowest BCUT2D eigenvalue weighted by Crippen LogP contribution is -2.33. The number of ketones is 2. The molecule has 1 amide bonds. The number of aryl methyl sites for hydroxylation is 1. The average Bonchev–Trinajstić information content (AvgIpc) is 2.76. The van der Waals surface area contributed by atoms with E-state index in [0.29, 0.717) is 12.2 Å². The van der Waals surface area contributed by atoms with Crippen LogP contribution in [0.15, 0.2) is 48.8 Å². The van der Waals surface area contributed by atoms with E-state index in [0.717, 1.165) is 24.2 Å². The van der Waals surface area contributed by atoms with E-state index in [9.17, 15) is 18.6 Å². The lowest BCUT2D eigenvalue weighted by molar-refractivity contribution is -0.129. The maximum absolute atomic E-state index is 11.2. The quantitative estimate of drug-likeness (QED) is 0.631. The number of hydrogen-bond donors (Lipinski definition) is 0. The Morgan fingerprint density at radius 1 is 0.909 bits per heavy atom. The molecule has 180 valence electrons. The minimum absolute atomic E-state index is 0.0616. The number of rotatable bonds is 6. The van der Waals surface area contributed by atoms with Crippen LogP contribution in [0.25, 0.3) is 0 Å². The molecule has 1 aliphatic heterocycles. The molecule has 1 fully saturated rings. The summed E-state index contributed by atoms with van der Waals surface area (Å²) in [6, 6.07) is 10.9. The number of piperidine rings is 1. The summed E-state index contributed by atoms with van der Waals surface area (Å²) in [6.07, 6.45) is 7.59. The fourth-order valence-corrected chi connectivity index (χ4v) is 3.61. The normalized spacial score (nSPS) is 13.4. The molecular weight excluding hydrogens is 440 g/mol. The molecule has 7 nitrogen and oxygen atoms in total. The SMILES string of the molecule is CC(=O)CS(=O)Oc1ccc(C)cc1.CC(=O)Cc1ccncc1.CC(=O)N1CCCCC1. The van der Waals surface area contributed by atoms with Crippen molar-refractivity contribution < 1.29 is 22.8 Å². The van der Waals surface area contributed by atoms with Gasteiger partial charge in [-0.15, -0.1) is 0 Å². The summed E-state index contributed by atoms with van der Waals surface area (Å²) in [5.74, 6) is 0.736. The number of carbonyl (C=O) groups excluding carboxylic acids is 3. The lowest BCUT2D eigenvalue weighted by Gasteiger charge is -2.24. The third kappa shape index (κ3) is 14.0. The molecule has 33 heavy (non-hydrogen) atoms. The van der Waals surface area contributed by atoms with Crippen molar-refractivity contribution in [2.75, 3.05) is 18.8 Å². The van der Waals surface area contributed by atoms with Gasteiger partial charge in [0.05, 0.1) is 0 Å². The summed E-state index contributed by atoms with van der Waals surface area (Å²) in [5.41, 5.74) is 2.14. The maximum Gasteiger partial charge on any atom is 0.219 e. The standard InChI is InChI=1S/C10H12O3S.C8H9NO.C7H13NO/c1-8-3-5-10(6-4-8)13-14(12)7-9(2)11;1-7(10)6-8-2-4-9-5-3-8;1-7(9)8-5-3-2-4-6-8/h3-6H,7H2,1-2H3;2-5H,6H2,1H3;2-6H2,1H3. The zero-order valence-electron chi connectivity index (χ0n) is 19.9. The Kier molecular flexibility index (Phi) is 13.5. The molecule has 1 saturated heterocycles. The summed E-state index contributed by atoms with van der Waals surface area (Å²) < 4.78 is 16.2. The Labute approximate surface area is 199 Å². The van der Waals surface area contributed by atoms with Crippen LogP contribution in [0.4, 0.5) is 0 Å². The van der Waals surface area contributed by atoms with Crippen LogP contribution in [0.5, 0.6) is 5.75 Å². The van der Waals surface area contributed by atoms with Gasteiger partial charge in [0.1, 0.15) is 23.1 Å². The van der Waals surface area contributed by atoms with E-state index >= 15 is 0 Å². The Bertz CT molecular complexity index is 895. The van der Waals surface area contributed by atoms with Gasteiger partial charge in [-0.3, -0.25) is 19.4 Å². The van der Waals surface area contributed by atoms with Crippen molar-refractivity contribution in [3.63, 3.8) is 0 Å². The number of hydrogen-bond acceptors (Lipinski definition) is 6. The molecule has 1 unspecified atom stereocenters. The molecule has 3 rings (SSSR count). The minimum atomic E-state index is -1.56. The highest BCUT2D eigenvalue weighted by atomic mass is 32.2. The first-order valence-electron chi connectivity index (χ1n) is 10.9. The van der Waals surface area contributed by atoms with E-state index in [1.54, 1.807) is 38.4 Å². The smallest absolute Gasteiger partial charge is 0.219 e. The van der Waals surface area contributed by atoms with Crippen LogP contribution in [-0.2, 0) is 31.9 Å². The number of benzene rings is 1. The molecule has 0 aliphatic carbocycles. The van der Waals surface area contributed by atoms with Gasteiger partial charge in [-0.1, -0.05) is 17.7 Å². The van der Waals surface area contributed by atoms with E-state index in [4.69, 9.17) is 4.18 Å². The highest BCUT2D eigenvalue weighted by molar-refractivity contribution is 7.81. The van der Waals surface area contributed by atoms with Crippen molar-refractivity contribution >= 4 is 28.6 Å². The lowest BCUT2D eigenvalue weighted by atomic mass is 10.1. The van der Waals surface area contributed by atoms with Crippen molar-refractivity contribution in [2.24, 2.45) is 0 Å². The van der Waals surface area contributed by atoms with E-state index in [-0.39, 0.29) is 23.2 Å². The van der Waals surface area contributed by atoms with Crippen molar-refractivity contribution in [3.05, 3.63) is 59.9 Å². The Balaban J connectivity index is 0.000000255. The first-order chi connectivity index (χ1) is 15.7. The highest BCUT2D eigenvalue weighted by Crippen LogP contribution is 2.12. The average molecular weight is 475 g/mol. The molecule has 2 aromatic rings. The summed E-state index contributed by atoms with van der Waals surface area (Å²) in [6.45, 7) is 8.53. The third-order valence-corrected chi connectivity index (χ3v) is 5.56. The Hall–Kier alpha value is -2.87. The fourth-order valence-electron chi connectivity index (χ4n) is 2.89. The summed E-state index contributed by atoms with van der Waals surface area (Å²) >= 11 is -1.56. The number of Topliss-reactive ketones (excluding diaryl/α,β-unsaturated/α-hetero) is 2. The van der Waals surface area contributed by atoms with Crippen molar-refractivity contribution in [2.45, 2.75) is 53.4 Å². The molecule has 0 N–H and O–H groups in total. The highest BCUT2D eigenvalue weighted by Gasteiger charge is 2.11. The number of amides is 1. The van der Waals surface area contributed by atoms with E-state index in [1.165, 1.54) is 26.2 Å². The number of aromatic nitrogens is 1. The second-order valence-corrected chi connectivity index (χ2v) is 8.91. The van der Waals surface area contributed by atoms with Gasteiger partial charge in [0, 0.05) is 38.8 Å². The van der Waals surface area contributed by atoms with Crippen LogP contribution >= 0.6 is 0 Å². The van der Waals surface area contributed by atoms with Gasteiger partial charge in [-0.2, -0.15) is 0 Å². The predicted molar refractivity (Wildman–Crippen MR) is 130 cm³/mol. The van der Waals surface area contributed by atoms with Crippen LogP contribution < -0.4 is 4.18 Å². The minimum Gasteiger partial charge on any atom is -0.400 e. The number of pyridine rings is 1. The Morgan fingerprint density at radius 2 is 1.48 bits per heavy atom. The summed E-state index contributed by atoms with van der Waals surface area (Å²) in [7, 11) is 0. The molecule has 8 heteroatoms. The molecule has 2 heterocycles. The predicted octanol–water partition coefficient (Wildman–Crippen LogP) is 3.86. The molecule has 1 aromatic heterocycles. The van der Waals surface area contributed by atoms with Gasteiger partial charge in [0.2, 0.25) is 17.0 Å². The second-order valence-electron chi connectivity index (χ2n) is 7.85. The van der Waals surface area contributed by atoms with Crippen molar-refractivity contribution in [1.29, 1.82) is 0 Å². The monoisotopic (exact) mass is 474 g/mol. The van der Waals surface area contributed by atoms with Gasteiger partial charge in [0.25, 0.3) is 0 Å². The molecule has 0 radical (unpaired) electrons. The van der Waals surface area contributed by atoms with Crippen LogP contribution in [0, 0.1) is 6.92 Å². The van der Waals surface area contributed by atoms with Crippen molar-refractivity contribution in [3.8, 4) is 5.75 Å². The van der Waals surface area contributed by atoms with Crippen LogP contribution in [0.3, 0.4) is 0 Å². The fraction of sp³-hybridized carbons (Fsp3) is 0.440. The molecular formula is C25H34N2O5S. The first kappa shape index (κ1) is 28.2. The third-order valence-electron chi connectivity index (χ3n) is 4.54. The second kappa shape index (κ2) is 15.9. The molecule has 1 aliphatic rings. The van der Waals surface area contributed by atoms with Gasteiger partial charge in [0.15, 0.2) is 0 Å². The number of likely N-dealkylation sites (tertiary alicyclic amines) is 1. The maximum atomic E-state index is 11.2. The van der Waals surface area contributed by atoms with Crippen LogP contribution in [-0.4, -0.2) is 50.4 Å². The molecule has 0 saturated carbocycles. The van der Waals surface area contributed by atoms with Gasteiger partial charge in [-0.25, -0.2) is 4.21 Å². The van der Waals surface area contributed by atoms with Crippen LogP contribution in [0.2, 0.25) is 0 Å². The Morgan fingerprint density at radius 3 is 1.94 bits per heavy atom. The van der Waals surface area contributed by atoms with Gasteiger partial charge < -0.3 is 9.08 Å². The topological polar surface area (TPSA) is 93.6 Å². The van der Waals surface area contributed by atoms with E-state index in [2.05, 4.69) is 4.98 Å². The van der Waals surface area contributed by atoms with Gasteiger partial charge in [-0.05, 0) is 69.9 Å². The molecule has 0 spiro atoms. The van der Waals surface area contributed by atoms with Crippen LogP contribution in [0.1, 0.15) is 51.2 Å². The van der Waals surface area contributed by atoms with E-state index in [1.807, 2.05) is 36.1 Å². The van der Waals surface area contributed by atoms with Gasteiger partial charge >= 0.3 is 0 Å².